The Balaban J connectivity index is 2.20. The van der Waals surface area contributed by atoms with Gasteiger partial charge in [-0.1, -0.05) is 23.7 Å². The second kappa shape index (κ2) is 6.05. The van der Waals surface area contributed by atoms with Gasteiger partial charge in [0.2, 0.25) is 0 Å². The fourth-order valence-corrected chi connectivity index (χ4v) is 2.41. The third kappa shape index (κ3) is 3.55. The van der Waals surface area contributed by atoms with Gasteiger partial charge in [-0.3, -0.25) is 16.0 Å². The van der Waals surface area contributed by atoms with Crippen molar-refractivity contribution in [1.82, 2.24) is 15.2 Å². The summed E-state index contributed by atoms with van der Waals surface area (Å²) in [5, 5.41) is 4.46. The van der Waals surface area contributed by atoms with Crippen molar-refractivity contribution in [3.63, 3.8) is 0 Å². The molecule has 3 N–H and O–H groups in total. The molecule has 0 saturated carbocycles. The Morgan fingerprint density at radius 1 is 1.33 bits per heavy atom. The maximum absolute atomic E-state index is 12.5. The second-order valence-electron chi connectivity index (χ2n) is 4.62. The number of nitrogens with one attached hydrogen (secondary N) is 1. The number of aryl methyl sites for hydroxylation is 1. The summed E-state index contributed by atoms with van der Waals surface area (Å²) in [6.07, 6.45) is -2.45. The molecule has 1 unspecified atom stereocenters. The number of hydrogen-bond acceptors (Lipinski definition) is 3. The summed E-state index contributed by atoms with van der Waals surface area (Å²) in [4.78, 5) is 0. The molecule has 1 heterocycles. The van der Waals surface area contributed by atoms with E-state index in [1.165, 1.54) is 18.3 Å². The van der Waals surface area contributed by atoms with Crippen LogP contribution >= 0.6 is 11.6 Å². The highest BCUT2D eigenvalue weighted by atomic mass is 35.5. The number of rotatable bonds is 4. The van der Waals surface area contributed by atoms with Gasteiger partial charge >= 0.3 is 6.18 Å². The lowest BCUT2D eigenvalue weighted by Gasteiger charge is -2.17. The zero-order valence-corrected chi connectivity index (χ0v) is 11.9. The number of hydrogen-bond donors (Lipinski definition) is 2. The van der Waals surface area contributed by atoms with Gasteiger partial charge < -0.3 is 0 Å². The third-order valence-electron chi connectivity index (χ3n) is 3.19. The number of aromatic nitrogens is 2. The summed E-state index contributed by atoms with van der Waals surface area (Å²) in [5.74, 6) is 5.52. The maximum atomic E-state index is 12.5. The van der Waals surface area contributed by atoms with Gasteiger partial charge in [0.15, 0.2) is 0 Å². The lowest BCUT2D eigenvalue weighted by Crippen LogP contribution is -2.31. The van der Waals surface area contributed by atoms with Gasteiger partial charge in [0.1, 0.15) is 0 Å². The number of halogens is 4. The molecule has 0 amide bonds. The molecular weight excluding hydrogens is 305 g/mol. The quantitative estimate of drug-likeness (QED) is 0.673. The van der Waals surface area contributed by atoms with Gasteiger partial charge in [-0.25, -0.2) is 0 Å². The molecule has 0 radical (unpaired) electrons. The summed E-state index contributed by atoms with van der Waals surface area (Å²) in [7, 11) is 1.72. The largest absolute Gasteiger partial charge is 0.416 e. The van der Waals surface area contributed by atoms with E-state index in [-0.39, 0.29) is 6.04 Å². The molecule has 0 aliphatic carbocycles. The topological polar surface area (TPSA) is 55.9 Å². The molecule has 8 heteroatoms. The van der Waals surface area contributed by atoms with E-state index in [2.05, 4.69) is 10.5 Å². The summed E-state index contributed by atoms with van der Waals surface area (Å²) in [6, 6.07) is 4.61. The Labute approximate surface area is 124 Å². The predicted molar refractivity (Wildman–Crippen MR) is 73.4 cm³/mol. The van der Waals surface area contributed by atoms with Crippen molar-refractivity contribution in [2.24, 2.45) is 12.9 Å². The number of benzene rings is 1. The highest BCUT2D eigenvalue weighted by Gasteiger charge is 2.30. The highest BCUT2D eigenvalue weighted by molar-refractivity contribution is 6.31. The van der Waals surface area contributed by atoms with Crippen LogP contribution in [0.2, 0.25) is 5.02 Å². The molecule has 4 nitrogen and oxygen atoms in total. The maximum Gasteiger partial charge on any atom is 0.416 e. The lowest BCUT2D eigenvalue weighted by molar-refractivity contribution is -0.137. The average molecular weight is 319 g/mol. The normalized spacial score (nSPS) is 13.4. The molecule has 1 atom stereocenters. The van der Waals surface area contributed by atoms with Gasteiger partial charge in [0.25, 0.3) is 0 Å². The molecule has 2 aromatic rings. The van der Waals surface area contributed by atoms with Crippen molar-refractivity contribution < 1.29 is 13.2 Å². The lowest BCUT2D eigenvalue weighted by atomic mass is 10.0. The van der Waals surface area contributed by atoms with E-state index in [4.69, 9.17) is 17.4 Å². The summed E-state index contributed by atoms with van der Waals surface area (Å²) in [6.45, 7) is 0. The van der Waals surface area contributed by atoms with Crippen molar-refractivity contribution in [3.8, 4) is 0 Å². The Morgan fingerprint density at radius 2 is 1.95 bits per heavy atom. The van der Waals surface area contributed by atoms with E-state index < -0.39 is 11.7 Å². The first-order valence-corrected chi connectivity index (χ1v) is 6.50. The molecule has 0 aliphatic rings. The van der Waals surface area contributed by atoms with E-state index in [1.54, 1.807) is 11.7 Å². The zero-order chi connectivity index (χ0) is 15.6. The minimum atomic E-state index is -4.34. The van der Waals surface area contributed by atoms with Crippen LogP contribution in [0.4, 0.5) is 13.2 Å². The van der Waals surface area contributed by atoms with Crippen LogP contribution in [0.3, 0.4) is 0 Å². The minimum absolute atomic E-state index is 0.346. The van der Waals surface area contributed by atoms with Gasteiger partial charge in [0, 0.05) is 7.05 Å². The van der Waals surface area contributed by atoms with Crippen molar-refractivity contribution in [1.29, 1.82) is 0 Å². The molecule has 114 valence electrons. The first-order valence-electron chi connectivity index (χ1n) is 6.12. The fourth-order valence-electron chi connectivity index (χ4n) is 2.11. The fraction of sp³-hybridized carbons (Fsp3) is 0.308. The molecule has 0 fully saturated rings. The number of nitrogens with zero attached hydrogens (tertiary/aromatic N) is 2. The van der Waals surface area contributed by atoms with E-state index in [1.807, 2.05) is 0 Å². The van der Waals surface area contributed by atoms with Crippen molar-refractivity contribution in [2.75, 3.05) is 0 Å². The minimum Gasteiger partial charge on any atom is -0.271 e. The van der Waals surface area contributed by atoms with Crippen LogP contribution in [0.1, 0.15) is 22.9 Å². The summed E-state index contributed by atoms with van der Waals surface area (Å²) >= 11 is 6.04. The Hall–Kier alpha value is -1.57. The number of nitrogens with two attached hydrogens (primary N) is 1. The SMILES string of the molecule is Cn1ncc(Cl)c1C(Cc1ccc(C(F)(F)F)cc1)NN. The van der Waals surface area contributed by atoms with E-state index >= 15 is 0 Å². The average Bonchev–Trinajstić information content (AvgIpc) is 2.75. The van der Waals surface area contributed by atoms with Gasteiger partial charge in [0.05, 0.1) is 28.5 Å². The van der Waals surface area contributed by atoms with Gasteiger partial charge in [-0.15, -0.1) is 0 Å². The van der Waals surface area contributed by atoms with Crippen LogP contribution in [-0.4, -0.2) is 9.78 Å². The molecule has 0 spiro atoms. The molecule has 1 aromatic heterocycles. The second-order valence-corrected chi connectivity index (χ2v) is 5.03. The zero-order valence-electron chi connectivity index (χ0n) is 11.2. The highest BCUT2D eigenvalue weighted by Crippen LogP contribution is 2.30. The smallest absolute Gasteiger partial charge is 0.271 e. The number of alkyl halides is 3. The Kier molecular flexibility index (Phi) is 4.55. The molecule has 0 saturated heterocycles. The number of hydrazine groups is 1. The van der Waals surface area contributed by atoms with Crippen molar-refractivity contribution in [2.45, 2.75) is 18.6 Å². The van der Waals surface area contributed by atoms with Crippen molar-refractivity contribution >= 4 is 11.6 Å². The Bertz CT molecular complexity index is 587. The van der Waals surface area contributed by atoms with Gasteiger partial charge in [-0.2, -0.15) is 18.3 Å². The van der Waals surface area contributed by atoms with Crippen molar-refractivity contribution in [3.05, 3.63) is 52.3 Å². The van der Waals surface area contributed by atoms with E-state index in [0.717, 1.165) is 12.1 Å². The van der Waals surface area contributed by atoms with Crippen LogP contribution in [0, 0.1) is 0 Å². The van der Waals surface area contributed by atoms with Gasteiger partial charge in [-0.05, 0) is 24.1 Å². The molecule has 1 aromatic carbocycles. The predicted octanol–water partition coefficient (Wildman–Crippen LogP) is 2.84. The molecule has 21 heavy (non-hydrogen) atoms. The van der Waals surface area contributed by atoms with E-state index in [9.17, 15) is 13.2 Å². The van der Waals surface area contributed by atoms with Crippen LogP contribution in [-0.2, 0) is 19.6 Å². The Morgan fingerprint density at radius 3 is 2.38 bits per heavy atom. The molecule has 2 rings (SSSR count). The standard InChI is InChI=1S/C13H14ClF3N4/c1-21-12(10(14)7-19-21)11(20-18)6-8-2-4-9(5-3-8)13(15,16)17/h2-5,7,11,20H,6,18H2,1H3. The summed E-state index contributed by atoms with van der Waals surface area (Å²) < 4.78 is 39.1. The first-order chi connectivity index (χ1) is 9.82. The van der Waals surface area contributed by atoms with Crippen LogP contribution in [0.25, 0.3) is 0 Å². The van der Waals surface area contributed by atoms with Crippen LogP contribution < -0.4 is 11.3 Å². The third-order valence-corrected chi connectivity index (χ3v) is 3.48. The first kappa shape index (κ1) is 15.8. The van der Waals surface area contributed by atoms with E-state index in [0.29, 0.717) is 22.7 Å². The summed E-state index contributed by atoms with van der Waals surface area (Å²) in [5.41, 5.74) is 3.32. The van der Waals surface area contributed by atoms with Crippen LogP contribution in [0.15, 0.2) is 30.5 Å². The molecular formula is C13H14ClF3N4. The van der Waals surface area contributed by atoms with Crippen LogP contribution in [0.5, 0.6) is 0 Å². The monoisotopic (exact) mass is 318 g/mol. The molecule has 0 aliphatic heterocycles. The molecule has 0 bridgehead atoms.